The third-order valence-electron chi connectivity index (χ3n) is 4.04. The molecule has 0 N–H and O–H groups in total. The van der Waals surface area contributed by atoms with Gasteiger partial charge in [-0.25, -0.2) is 9.67 Å². The molecule has 126 valence electrons. The average molecular weight is 357 g/mol. The molecule has 0 saturated carbocycles. The van der Waals surface area contributed by atoms with E-state index in [1.807, 2.05) is 30.3 Å². The van der Waals surface area contributed by atoms with E-state index in [4.69, 9.17) is 0 Å². The normalized spacial score (nSPS) is 10.7. The fourth-order valence-corrected chi connectivity index (χ4v) is 2.63. The molecule has 7 heteroatoms. The Morgan fingerprint density at radius 2 is 1.69 bits per heavy atom. The summed E-state index contributed by atoms with van der Waals surface area (Å²) >= 11 is 0. The van der Waals surface area contributed by atoms with E-state index in [9.17, 15) is 14.7 Å². The monoisotopic (exact) mass is 357 g/mol. The van der Waals surface area contributed by atoms with Crippen molar-refractivity contribution >= 4 is 17.9 Å². The van der Waals surface area contributed by atoms with E-state index < -0.39 is 5.97 Å². The first-order chi connectivity index (χ1) is 12.0. The van der Waals surface area contributed by atoms with Crippen LogP contribution in [0.2, 0.25) is 0 Å². The zero-order valence-corrected chi connectivity index (χ0v) is 16.8. The Morgan fingerprint density at radius 3 is 2.35 bits per heavy atom. The van der Waals surface area contributed by atoms with Crippen molar-refractivity contribution < 1.29 is 39.5 Å². The Hall–Kier alpha value is -2.41. The first-order valence-corrected chi connectivity index (χ1v) is 7.69. The summed E-state index contributed by atoms with van der Waals surface area (Å²) in [5.41, 5.74) is 1.82. The second-order valence-electron chi connectivity index (χ2n) is 5.54. The van der Waals surface area contributed by atoms with Gasteiger partial charge in [-0.05, 0) is 19.1 Å². The van der Waals surface area contributed by atoms with Gasteiger partial charge in [-0.2, -0.15) is 0 Å². The first kappa shape index (κ1) is 19.9. The predicted molar refractivity (Wildman–Crippen MR) is 93.8 cm³/mol. The van der Waals surface area contributed by atoms with E-state index in [1.165, 1.54) is 17.0 Å². The summed E-state index contributed by atoms with van der Waals surface area (Å²) in [6.07, 6.45) is 1.38. The second kappa shape index (κ2) is 8.31. The number of aliphatic imine (C=N–C) groups is 1. The van der Waals surface area contributed by atoms with Crippen LogP contribution in [0.15, 0.2) is 64.4 Å². The van der Waals surface area contributed by atoms with Crippen LogP contribution in [0, 0.1) is 6.92 Å². The van der Waals surface area contributed by atoms with Crippen molar-refractivity contribution in [2.24, 2.45) is 12.0 Å². The van der Waals surface area contributed by atoms with Crippen LogP contribution in [0.1, 0.15) is 21.6 Å². The van der Waals surface area contributed by atoms with Crippen LogP contribution in [0.25, 0.3) is 5.69 Å². The molecule has 3 aromatic rings. The molecule has 26 heavy (non-hydrogen) atoms. The van der Waals surface area contributed by atoms with Gasteiger partial charge in [0.2, 0.25) is 0 Å². The largest absolute Gasteiger partial charge is 1.00 e. The van der Waals surface area contributed by atoms with Crippen LogP contribution < -0.4 is 40.2 Å². The third kappa shape index (κ3) is 3.72. The Balaban J connectivity index is 0.00000243. The maximum atomic E-state index is 12.8. The zero-order chi connectivity index (χ0) is 18.0. The second-order valence-corrected chi connectivity index (χ2v) is 5.54. The molecular formula is C19H16N3NaO3. The Bertz CT molecular complexity index is 1020. The summed E-state index contributed by atoms with van der Waals surface area (Å²) < 4.78 is 3.24. The summed E-state index contributed by atoms with van der Waals surface area (Å²) in [5.74, 6) is -1.28. The Labute approximate surface area is 172 Å². The summed E-state index contributed by atoms with van der Waals surface area (Å²) in [4.78, 5) is 28.2. The topological polar surface area (TPSA) is 79.4 Å². The molecule has 0 unspecified atom stereocenters. The van der Waals surface area contributed by atoms with Crippen molar-refractivity contribution in [3.63, 3.8) is 0 Å². The van der Waals surface area contributed by atoms with Crippen LogP contribution in [-0.4, -0.2) is 21.5 Å². The van der Waals surface area contributed by atoms with Crippen molar-refractivity contribution in [3.8, 4) is 5.69 Å². The van der Waals surface area contributed by atoms with E-state index in [2.05, 4.69) is 4.99 Å². The van der Waals surface area contributed by atoms with Gasteiger partial charge < -0.3 is 9.90 Å². The maximum Gasteiger partial charge on any atom is 1.00 e. The molecule has 0 radical (unpaired) electrons. The molecule has 0 amide bonds. The molecule has 0 aliphatic carbocycles. The van der Waals surface area contributed by atoms with E-state index >= 15 is 0 Å². The molecule has 3 rings (SSSR count). The summed E-state index contributed by atoms with van der Waals surface area (Å²) in [7, 11) is 1.78. The quantitative estimate of drug-likeness (QED) is 0.426. The predicted octanol–water partition coefficient (Wildman–Crippen LogP) is -1.40. The number of nitrogens with zero attached hydrogens (tertiary/aromatic N) is 3. The van der Waals surface area contributed by atoms with Crippen LogP contribution >= 0.6 is 0 Å². The first-order valence-electron chi connectivity index (χ1n) is 7.69. The van der Waals surface area contributed by atoms with Crippen molar-refractivity contribution in [3.05, 3.63) is 81.8 Å². The zero-order valence-electron chi connectivity index (χ0n) is 14.8. The van der Waals surface area contributed by atoms with E-state index in [0.717, 1.165) is 5.69 Å². The third-order valence-corrected chi connectivity index (χ3v) is 4.04. The van der Waals surface area contributed by atoms with Crippen LogP contribution in [-0.2, 0) is 7.05 Å². The van der Waals surface area contributed by atoms with Crippen LogP contribution in [0.4, 0.5) is 5.69 Å². The minimum atomic E-state index is -1.28. The Kier molecular flexibility index (Phi) is 6.37. The minimum Gasteiger partial charge on any atom is -0.545 e. The molecule has 0 spiro atoms. The standard InChI is InChI=1S/C19H17N3O3.Na/c1-13-17(20-12-14-8-6-7-11-16(14)19(24)25)18(23)22(21(13)2)15-9-4-3-5-10-15;/h3-12H,1-2H3,(H,24,25);/q;+1/p-1. The molecule has 2 aromatic carbocycles. The number of hydrogen-bond acceptors (Lipinski definition) is 4. The number of carbonyl (C=O) groups excluding carboxylic acids is 1. The number of aromatic carboxylic acids is 1. The molecule has 1 aromatic heterocycles. The van der Waals surface area contributed by atoms with E-state index in [-0.39, 0.29) is 46.4 Å². The fraction of sp³-hybridized carbons (Fsp3) is 0.105. The van der Waals surface area contributed by atoms with Gasteiger partial charge in [-0.15, -0.1) is 0 Å². The number of aromatic nitrogens is 2. The van der Waals surface area contributed by atoms with Crippen molar-refractivity contribution in [1.29, 1.82) is 0 Å². The number of carbonyl (C=O) groups is 1. The smallest absolute Gasteiger partial charge is 0.545 e. The average Bonchev–Trinajstić information content (AvgIpc) is 2.83. The molecule has 0 saturated heterocycles. The van der Waals surface area contributed by atoms with Crippen LogP contribution in [0.5, 0.6) is 0 Å². The molecular weight excluding hydrogens is 341 g/mol. The molecule has 0 bridgehead atoms. The van der Waals surface area contributed by atoms with Crippen LogP contribution in [0.3, 0.4) is 0 Å². The molecule has 0 atom stereocenters. The van der Waals surface area contributed by atoms with Crippen molar-refractivity contribution in [2.75, 3.05) is 0 Å². The number of benzene rings is 2. The Morgan fingerprint density at radius 1 is 1.08 bits per heavy atom. The maximum absolute atomic E-state index is 12.8. The summed E-state index contributed by atoms with van der Waals surface area (Å²) in [6, 6.07) is 15.6. The molecule has 0 aliphatic rings. The van der Waals surface area contributed by atoms with E-state index in [1.54, 1.807) is 36.9 Å². The molecule has 0 aliphatic heterocycles. The van der Waals surface area contributed by atoms with Gasteiger partial charge in [0.1, 0.15) is 0 Å². The van der Waals surface area contributed by atoms with Gasteiger partial charge in [-0.1, -0.05) is 42.5 Å². The minimum absolute atomic E-state index is 0. The SMILES string of the molecule is Cc1c(N=Cc2ccccc2C(=O)[O-])c(=O)n(-c2ccccc2)n1C.[Na+]. The summed E-state index contributed by atoms with van der Waals surface area (Å²) in [5, 5.41) is 11.2. The number of hydrogen-bond donors (Lipinski definition) is 0. The number of para-hydroxylation sites is 1. The number of carboxylic acids is 1. The summed E-state index contributed by atoms with van der Waals surface area (Å²) in [6.45, 7) is 1.79. The molecule has 0 fully saturated rings. The fourth-order valence-electron chi connectivity index (χ4n) is 2.63. The van der Waals surface area contributed by atoms with Gasteiger partial charge in [0.05, 0.1) is 17.4 Å². The number of carboxylic acid groups (broad SMARTS) is 1. The van der Waals surface area contributed by atoms with Gasteiger partial charge in [0.15, 0.2) is 5.69 Å². The molecule has 6 nitrogen and oxygen atoms in total. The van der Waals surface area contributed by atoms with Gasteiger partial charge in [-0.3, -0.25) is 9.48 Å². The number of rotatable bonds is 4. The molecule has 1 heterocycles. The van der Waals surface area contributed by atoms with E-state index in [0.29, 0.717) is 11.3 Å². The van der Waals surface area contributed by atoms with Gasteiger partial charge in [0.25, 0.3) is 5.56 Å². The van der Waals surface area contributed by atoms with Crippen molar-refractivity contribution in [2.45, 2.75) is 6.92 Å². The van der Waals surface area contributed by atoms with Gasteiger partial charge in [0, 0.05) is 24.4 Å². The van der Waals surface area contributed by atoms with Gasteiger partial charge >= 0.3 is 29.6 Å². The van der Waals surface area contributed by atoms with Crippen molar-refractivity contribution in [1.82, 2.24) is 9.36 Å².